The van der Waals surface area contributed by atoms with Gasteiger partial charge in [0.1, 0.15) is 0 Å². The van der Waals surface area contributed by atoms with E-state index >= 15 is 0 Å². The third kappa shape index (κ3) is 2.57. The first-order chi connectivity index (χ1) is 9.70. The highest BCUT2D eigenvalue weighted by Crippen LogP contribution is 2.35. The lowest BCUT2D eigenvalue weighted by atomic mass is 9.83. The van der Waals surface area contributed by atoms with Gasteiger partial charge in [0.05, 0.1) is 11.6 Å². The van der Waals surface area contributed by atoms with Gasteiger partial charge in [0, 0.05) is 7.11 Å². The molecule has 0 aliphatic rings. The number of nitrogens with two attached hydrogens (primary N) is 1. The molecule has 3 N–H and O–H groups in total. The maximum atomic E-state index is 5.83. The van der Waals surface area contributed by atoms with E-state index in [0.29, 0.717) is 0 Å². The van der Waals surface area contributed by atoms with E-state index in [2.05, 4.69) is 61.7 Å². The fourth-order valence-electron chi connectivity index (χ4n) is 3.00. The van der Waals surface area contributed by atoms with Crippen LogP contribution in [-0.2, 0) is 4.74 Å². The lowest BCUT2D eigenvalue weighted by Gasteiger charge is -2.38. The molecule has 0 spiro atoms. The van der Waals surface area contributed by atoms with Gasteiger partial charge in [-0.25, -0.2) is 0 Å². The summed E-state index contributed by atoms with van der Waals surface area (Å²) < 4.78 is 5.81. The van der Waals surface area contributed by atoms with Gasteiger partial charge < -0.3 is 4.74 Å². The molecule has 0 aromatic heterocycles. The van der Waals surface area contributed by atoms with E-state index in [0.717, 1.165) is 18.4 Å². The van der Waals surface area contributed by atoms with E-state index in [4.69, 9.17) is 10.6 Å². The Balaban J connectivity index is 2.48. The summed E-state index contributed by atoms with van der Waals surface area (Å²) in [6.07, 6.45) is 1.81. The van der Waals surface area contributed by atoms with Crippen LogP contribution in [0.2, 0.25) is 0 Å². The maximum Gasteiger partial charge on any atom is 0.0880 e. The van der Waals surface area contributed by atoms with E-state index < -0.39 is 0 Å². The molecule has 0 heterocycles. The molecule has 1 atom stereocenters. The summed E-state index contributed by atoms with van der Waals surface area (Å²) in [7, 11) is 1.76. The molecular weight excluding hydrogens is 248 g/mol. The van der Waals surface area contributed by atoms with Crippen molar-refractivity contribution >= 4 is 10.8 Å². The van der Waals surface area contributed by atoms with Crippen LogP contribution in [0.3, 0.4) is 0 Å². The first-order valence-corrected chi connectivity index (χ1v) is 7.20. The van der Waals surface area contributed by atoms with Gasteiger partial charge in [0.2, 0.25) is 0 Å². The predicted octanol–water partition coefficient (Wildman–Crippen LogP) is 3.55. The van der Waals surface area contributed by atoms with Crippen LogP contribution in [0.4, 0.5) is 0 Å². The molecule has 3 heteroatoms. The molecule has 2 rings (SSSR count). The van der Waals surface area contributed by atoms with Crippen molar-refractivity contribution in [2.24, 2.45) is 5.84 Å². The van der Waals surface area contributed by atoms with Crippen LogP contribution in [0.5, 0.6) is 0 Å². The molecule has 20 heavy (non-hydrogen) atoms. The van der Waals surface area contributed by atoms with Crippen molar-refractivity contribution in [3.63, 3.8) is 0 Å². The number of nitrogens with one attached hydrogen (secondary N) is 1. The highest BCUT2D eigenvalue weighted by molar-refractivity contribution is 5.83. The molecule has 2 aromatic rings. The van der Waals surface area contributed by atoms with Crippen molar-refractivity contribution in [1.29, 1.82) is 0 Å². The van der Waals surface area contributed by atoms with E-state index in [-0.39, 0.29) is 11.6 Å². The molecule has 0 saturated carbocycles. The second kappa shape index (κ2) is 6.35. The molecule has 3 nitrogen and oxygen atoms in total. The lowest BCUT2D eigenvalue weighted by Crippen LogP contribution is -2.47. The summed E-state index contributed by atoms with van der Waals surface area (Å²) in [6.45, 7) is 4.27. The number of ether oxygens (including phenoxy) is 1. The van der Waals surface area contributed by atoms with Crippen LogP contribution < -0.4 is 11.3 Å². The molecule has 2 aromatic carbocycles. The second-order valence-corrected chi connectivity index (χ2v) is 5.18. The first kappa shape index (κ1) is 15.0. The van der Waals surface area contributed by atoms with Gasteiger partial charge in [-0.15, -0.1) is 0 Å². The molecule has 0 aliphatic heterocycles. The van der Waals surface area contributed by atoms with Gasteiger partial charge in [0.25, 0.3) is 0 Å². The molecule has 0 radical (unpaired) electrons. The molecule has 108 valence electrons. The number of hydrogen-bond donors (Lipinski definition) is 2. The Labute approximate surface area is 121 Å². The van der Waals surface area contributed by atoms with Crippen LogP contribution in [0.25, 0.3) is 10.8 Å². The Morgan fingerprint density at radius 2 is 1.75 bits per heavy atom. The van der Waals surface area contributed by atoms with Crippen LogP contribution in [0, 0.1) is 0 Å². The van der Waals surface area contributed by atoms with Crippen LogP contribution in [-0.4, -0.2) is 12.7 Å². The van der Waals surface area contributed by atoms with E-state index in [1.807, 2.05) is 0 Å². The average molecular weight is 272 g/mol. The highest BCUT2D eigenvalue weighted by Gasteiger charge is 2.36. The standard InChI is InChI=1S/C17H24N2O/c1-4-17(5-2,20-3)16(19-18)15-11-10-13-8-6-7-9-14(13)12-15/h6-12,16,19H,4-5,18H2,1-3H3. The molecule has 0 bridgehead atoms. The summed E-state index contributed by atoms with van der Waals surface area (Å²) in [4.78, 5) is 0. The number of hydrazine groups is 1. The second-order valence-electron chi connectivity index (χ2n) is 5.18. The van der Waals surface area contributed by atoms with E-state index in [1.165, 1.54) is 10.8 Å². The fraction of sp³-hybridized carbons (Fsp3) is 0.412. The third-order valence-corrected chi connectivity index (χ3v) is 4.40. The summed E-state index contributed by atoms with van der Waals surface area (Å²) >= 11 is 0. The minimum atomic E-state index is -0.281. The Morgan fingerprint density at radius 1 is 1.10 bits per heavy atom. The molecule has 0 aliphatic carbocycles. The number of rotatable bonds is 6. The Kier molecular flexibility index (Phi) is 4.76. The number of methoxy groups -OCH3 is 1. The topological polar surface area (TPSA) is 47.3 Å². The summed E-state index contributed by atoms with van der Waals surface area (Å²) in [5, 5.41) is 2.46. The van der Waals surface area contributed by atoms with Gasteiger partial charge in [0.15, 0.2) is 0 Å². The zero-order valence-electron chi connectivity index (χ0n) is 12.5. The minimum Gasteiger partial charge on any atom is -0.376 e. The lowest BCUT2D eigenvalue weighted by molar-refractivity contribution is -0.0486. The quantitative estimate of drug-likeness (QED) is 0.624. The average Bonchev–Trinajstić information content (AvgIpc) is 2.52. The number of hydrogen-bond acceptors (Lipinski definition) is 3. The van der Waals surface area contributed by atoms with Gasteiger partial charge in [-0.3, -0.25) is 11.3 Å². The minimum absolute atomic E-state index is 0.0212. The number of fused-ring (bicyclic) bond motifs is 1. The Morgan fingerprint density at radius 3 is 2.30 bits per heavy atom. The Bertz CT molecular complexity index is 555. The summed E-state index contributed by atoms with van der Waals surface area (Å²) in [5.41, 5.74) is 3.83. The summed E-state index contributed by atoms with van der Waals surface area (Å²) in [5.74, 6) is 5.83. The van der Waals surface area contributed by atoms with Crippen LogP contribution >= 0.6 is 0 Å². The van der Waals surface area contributed by atoms with Gasteiger partial charge in [-0.05, 0) is 35.2 Å². The molecular formula is C17H24N2O. The molecule has 0 fully saturated rings. The van der Waals surface area contributed by atoms with Crippen molar-refractivity contribution in [2.45, 2.75) is 38.3 Å². The first-order valence-electron chi connectivity index (χ1n) is 7.20. The fourth-order valence-corrected chi connectivity index (χ4v) is 3.00. The predicted molar refractivity (Wildman–Crippen MR) is 84.3 cm³/mol. The van der Waals surface area contributed by atoms with Crippen molar-refractivity contribution in [3.8, 4) is 0 Å². The van der Waals surface area contributed by atoms with Crippen molar-refractivity contribution in [3.05, 3.63) is 48.0 Å². The number of benzene rings is 2. The van der Waals surface area contributed by atoms with Crippen LogP contribution in [0.1, 0.15) is 38.3 Å². The van der Waals surface area contributed by atoms with Crippen molar-refractivity contribution < 1.29 is 4.74 Å². The van der Waals surface area contributed by atoms with E-state index in [1.54, 1.807) is 7.11 Å². The zero-order valence-corrected chi connectivity index (χ0v) is 12.5. The smallest absolute Gasteiger partial charge is 0.0880 e. The van der Waals surface area contributed by atoms with E-state index in [9.17, 15) is 0 Å². The van der Waals surface area contributed by atoms with Crippen molar-refractivity contribution in [1.82, 2.24) is 5.43 Å². The van der Waals surface area contributed by atoms with Crippen LogP contribution in [0.15, 0.2) is 42.5 Å². The zero-order chi connectivity index (χ0) is 14.6. The van der Waals surface area contributed by atoms with Gasteiger partial charge in [-0.2, -0.15) is 0 Å². The summed E-state index contributed by atoms with van der Waals surface area (Å²) in [6, 6.07) is 14.8. The Hall–Kier alpha value is -1.42. The normalized spacial score (nSPS) is 13.6. The monoisotopic (exact) mass is 272 g/mol. The maximum absolute atomic E-state index is 5.83. The van der Waals surface area contributed by atoms with Gasteiger partial charge >= 0.3 is 0 Å². The van der Waals surface area contributed by atoms with Crippen molar-refractivity contribution in [2.75, 3.05) is 7.11 Å². The molecule has 0 amide bonds. The third-order valence-electron chi connectivity index (χ3n) is 4.40. The highest BCUT2D eigenvalue weighted by atomic mass is 16.5. The molecule has 1 unspecified atom stereocenters. The SMILES string of the molecule is CCC(CC)(OC)C(NN)c1ccc2ccccc2c1. The molecule has 0 saturated heterocycles. The largest absolute Gasteiger partial charge is 0.376 e. The van der Waals surface area contributed by atoms with Gasteiger partial charge in [-0.1, -0.05) is 50.2 Å².